The second-order valence-corrected chi connectivity index (χ2v) is 6.60. The Balaban J connectivity index is 1.50. The smallest absolute Gasteiger partial charge is 0.253 e. The highest BCUT2D eigenvalue weighted by Crippen LogP contribution is 2.15. The first kappa shape index (κ1) is 18.6. The molecule has 0 atom stereocenters. The molecule has 2 heterocycles. The summed E-state index contributed by atoms with van der Waals surface area (Å²) in [5.74, 6) is 1.00. The third kappa shape index (κ3) is 4.24. The van der Waals surface area contributed by atoms with E-state index in [1.54, 1.807) is 37.6 Å². The molecule has 29 heavy (non-hydrogen) atoms. The van der Waals surface area contributed by atoms with E-state index >= 15 is 0 Å². The van der Waals surface area contributed by atoms with Crippen LogP contribution in [0.1, 0.15) is 27.3 Å². The van der Waals surface area contributed by atoms with E-state index in [0.717, 1.165) is 22.7 Å². The van der Waals surface area contributed by atoms with Gasteiger partial charge in [0.15, 0.2) is 5.65 Å². The van der Waals surface area contributed by atoms with Crippen LogP contribution in [-0.2, 0) is 13.0 Å². The van der Waals surface area contributed by atoms with Gasteiger partial charge in [0.25, 0.3) is 5.91 Å². The number of nitrogens with one attached hydrogen (secondary N) is 1. The van der Waals surface area contributed by atoms with Crippen LogP contribution in [0.3, 0.4) is 0 Å². The van der Waals surface area contributed by atoms with Gasteiger partial charge in [0.05, 0.1) is 12.7 Å². The third-order valence-corrected chi connectivity index (χ3v) is 4.62. The third-order valence-electron chi connectivity index (χ3n) is 4.62. The predicted octanol–water partition coefficient (Wildman–Crippen LogP) is 3.40. The molecular formula is C22H19FN4O2. The number of hydrogen-bond acceptors (Lipinski definition) is 4. The van der Waals surface area contributed by atoms with Crippen molar-refractivity contribution >= 4 is 11.6 Å². The van der Waals surface area contributed by atoms with Crippen LogP contribution < -0.4 is 10.1 Å². The molecule has 0 aliphatic heterocycles. The number of rotatable bonds is 6. The Labute approximate surface area is 167 Å². The number of methoxy groups -OCH3 is 1. The second kappa shape index (κ2) is 8.10. The molecule has 0 aliphatic rings. The minimum absolute atomic E-state index is 0.222. The van der Waals surface area contributed by atoms with E-state index in [-0.39, 0.29) is 11.7 Å². The molecule has 0 bridgehead atoms. The van der Waals surface area contributed by atoms with E-state index in [2.05, 4.69) is 15.5 Å². The van der Waals surface area contributed by atoms with Gasteiger partial charge in [-0.1, -0.05) is 24.3 Å². The Bertz CT molecular complexity index is 1140. The number of halogens is 1. The molecule has 0 radical (unpaired) electrons. The van der Waals surface area contributed by atoms with Crippen LogP contribution in [0.2, 0.25) is 0 Å². The van der Waals surface area contributed by atoms with Gasteiger partial charge in [-0.2, -0.15) is 0 Å². The summed E-state index contributed by atoms with van der Waals surface area (Å²) in [7, 11) is 1.63. The first-order valence-corrected chi connectivity index (χ1v) is 9.11. The molecule has 1 N–H and O–H groups in total. The minimum atomic E-state index is -0.303. The van der Waals surface area contributed by atoms with Gasteiger partial charge in [0.2, 0.25) is 0 Å². The Morgan fingerprint density at radius 3 is 2.45 bits per heavy atom. The first-order valence-electron chi connectivity index (χ1n) is 9.11. The molecule has 2 aromatic heterocycles. The largest absolute Gasteiger partial charge is 0.497 e. The highest BCUT2D eigenvalue weighted by Gasteiger charge is 2.11. The molecule has 4 rings (SSSR count). The van der Waals surface area contributed by atoms with Crippen LogP contribution >= 0.6 is 0 Å². The average molecular weight is 390 g/mol. The van der Waals surface area contributed by atoms with Crippen LogP contribution in [0.25, 0.3) is 5.65 Å². The Kier molecular flexibility index (Phi) is 5.20. The van der Waals surface area contributed by atoms with Crippen molar-refractivity contribution in [2.75, 3.05) is 7.11 Å². The standard InChI is InChI=1S/C22H19FN4O2/c1-29-19-9-4-15(5-10-19)12-21-26-25-20-11-6-17(14-27(20)21)22(28)24-13-16-2-7-18(23)8-3-16/h2-11,14H,12-13H2,1H3,(H,24,28). The maximum atomic E-state index is 13.0. The van der Waals surface area contributed by atoms with Crippen LogP contribution in [0.5, 0.6) is 5.75 Å². The van der Waals surface area contributed by atoms with Gasteiger partial charge in [-0.25, -0.2) is 4.39 Å². The van der Waals surface area contributed by atoms with Crippen molar-refractivity contribution in [1.29, 1.82) is 0 Å². The Hall–Kier alpha value is -3.74. The number of carbonyl (C=O) groups excluding carboxylic acids is 1. The molecular weight excluding hydrogens is 371 g/mol. The minimum Gasteiger partial charge on any atom is -0.497 e. The van der Waals surface area contributed by atoms with E-state index in [9.17, 15) is 9.18 Å². The number of benzene rings is 2. The number of pyridine rings is 1. The number of ether oxygens (including phenoxy) is 1. The van der Waals surface area contributed by atoms with Crippen molar-refractivity contribution in [2.45, 2.75) is 13.0 Å². The van der Waals surface area contributed by atoms with Crippen molar-refractivity contribution in [2.24, 2.45) is 0 Å². The van der Waals surface area contributed by atoms with Gasteiger partial charge < -0.3 is 10.1 Å². The Morgan fingerprint density at radius 1 is 1.00 bits per heavy atom. The molecule has 4 aromatic rings. The van der Waals surface area contributed by atoms with Gasteiger partial charge in [-0.3, -0.25) is 9.20 Å². The molecule has 1 amide bonds. The summed E-state index contributed by atoms with van der Waals surface area (Å²) in [5, 5.41) is 11.3. The van der Waals surface area contributed by atoms with E-state index in [1.165, 1.54) is 12.1 Å². The first-order chi connectivity index (χ1) is 14.1. The molecule has 146 valence electrons. The maximum absolute atomic E-state index is 13.0. The van der Waals surface area contributed by atoms with Crippen molar-refractivity contribution in [3.05, 3.63) is 95.2 Å². The lowest BCUT2D eigenvalue weighted by molar-refractivity contribution is 0.0950. The monoisotopic (exact) mass is 390 g/mol. The molecule has 0 fully saturated rings. The topological polar surface area (TPSA) is 68.5 Å². The second-order valence-electron chi connectivity index (χ2n) is 6.60. The lowest BCUT2D eigenvalue weighted by Gasteiger charge is -2.07. The SMILES string of the molecule is COc1ccc(Cc2nnc3ccc(C(=O)NCc4ccc(F)cc4)cn23)cc1. The zero-order valence-electron chi connectivity index (χ0n) is 15.8. The van der Waals surface area contributed by atoms with Crippen molar-refractivity contribution < 1.29 is 13.9 Å². The van der Waals surface area contributed by atoms with E-state index in [4.69, 9.17) is 4.74 Å². The summed E-state index contributed by atoms with van der Waals surface area (Å²) in [6.07, 6.45) is 2.31. The predicted molar refractivity (Wildman–Crippen MR) is 106 cm³/mol. The summed E-state index contributed by atoms with van der Waals surface area (Å²) in [6, 6.07) is 17.2. The quantitative estimate of drug-likeness (QED) is 0.548. The summed E-state index contributed by atoms with van der Waals surface area (Å²) in [5.41, 5.74) is 3.05. The lowest BCUT2D eigenvalue weighted by Crippen LogP contribution is -2.23. The molecule has 2 aromatic carbocycles. The molecule has 7 heteroatoms. The van der Waals surface area contributed by atoms with Crippen LogP contribution in [0.4, 0.5) is 4.39 Å². The summed E-state index contributed by atoms with van der Waals surface area (Å²) < 4.78 is 20.0. The molecule has 0 saturated heterocycles. The number of aromatic nitrogens is 3. The van der Waals surface area contributed by atoms with Crippen LogP contribution in [-0.4, -0.2) is 27.6 Å². The van der Waals surface area contributed by atoms with E-state index < -0.39 is 0 Å². The van der Waals surface area contributed by atoms with Crippen LogP contribution in [0.15, 0.2) is 66.9 Å². The van der Waals surface area contributed by atoms with E-state index in [0.29, 0.717) is 24.2 Å². The number of nitrogens with zero attached hydrogens (tertiary/aromatic N) is 3. The maximum Gasteiger partial charge on any atom is 0.253 e. The summed E-state index contributed by atoms with van der Waals surface area (Å²) in [6.45, 7) is 0.317. The molecule has 0 unspecified atom stereocenters. The zero-order valence-corrected chi connectivity index (χ0v) is 15.8. The van der Waals surface area contributed by atoms with E-state index in [1.807, 2.05) is 28.7 Å². The fraction of sp³-hybridized carbons (Fsp3) is 0.136. The van der Waals surface area contributed by atoms with Crippen molar-refractivity contribution in [3.8, 4) is 5.75 Å². The van der Waals surface area contributed by atoms with Gasteiger partial charge in [0, 0.05) is 19.2 Å². The number of hydrogen-bond donors (Lipinski definition) is 1. The van der Waals surface area contributed by atoms with Crippen LogP contribution in [0, 0.1) is 5.82 Å². The fourth-order valence-corrected chi connectivity index (χ4v) is 3.01. The van der Waals surface area contributed by atoms with Gasteiger partial charge in [-0.05, 0) is 47.5 Å². The van der Waals surface area contributed by atoms with Gasteiger partial charge >= 0.3 is 0 Å². The highest BCUT2D eigenvalue weighted by atomic mass is 19.1. The normalized spacial score (nSPS) is 10.8. The van der Waals surface area contributed by atoms with Crippen molar-refractivity contribution in [1.82, 2.24) is 19.9 Å². The zero-order chi connectivity index (χ0) is 20.2. The van der Waals surface area contributed by atoms with Gasteiger partial charge in [-0.15, -0.1) is 10.2 Å². The fourth-order valence-electron chi connectivity index (χ4n) is 3.01. The molecule has 0 saturated carbocycles. The summed E-state index contributed by atoms with van der Waals surface area (Å²) >= 11 is 0. The molecule has 6 nitrogen and oxygen atoms in total. The molecule has 0 spiro atoms. The Morgan fingerprint density at radius 2 is 1.72 bits per heavy atom. The van der Waals surface area contributed by atoms with Gasteiger partial charge in [0.1, 0.15) is 17.4 Å². The lowest BCUT2D eigenvalue weighted by atomic mass is 10.1. The van der Waals surface area contributed by atoms with Crippen molar-refractivity contribution in [3.63, 3.8) is 0 Å². The number of carbonyl (C=O) groups is 1. The summed E-state index contributed by atoms with van der Waals surface area (Å²) in [4.78, 5) is 12.5. The number of amides is 1. The molecule has 0 aliphatic carbocycles. The highest BCUT2D eigenvalue weighted by molar-refractivity contribution is 5.94. The number of fused-ring (bicyclic) bond motifs is 1. The average Bonchev–Trinajstić information content (AvgIpc) is 3.15.